The van der Waals surface area contributed by atoms with Gasteiger partial charge >= 0.3 is 5.97 Å². The maximum atomic E-state index is 11.8. The Balaban J connectivity index is 1.86. The molecule has 4 nitrogen and oxygen atoms in total. The summed E-state index contributed by atoms with van der Waals surface area (Å²) in [6.45, 7) is 2.34. The summed E-state index contributed by atoms with van der Waals surface area (Å²) >= 11 is 0. The molecule has 0 bridgehead atoms. The normalized spacial score (nSPS) is 46.8. The molecule has 0 aromatic carbocycles. The quantitative estimate of drug-likeness (QED) is 0.459. The van der Waals surface area contributed by atoms with Crippen LogP contribution in [-0.4, -0.2) is 31.1 Å². The number of esters is 1. The van der Waals surface area contributed by atoms with Crippen LogP contribution in [0.5, 0.6) is 0 Å². The van der Waals surface area contributed by atoms with Gasteiger partial charge in [0.1, 0.15) is 6.10 Å². The largest absolute Gasteiger partial charge is 0.457 e. The number of carbonyl (C=O) groups is 1. The molecule has 0 radical (unpaired) electrons. The minimum atomic E-state index is -0.229. The molecule has 16 heavy (non-hydrogen) atoms. The van der Waals surface area contributed by atoms with Gasteiger partial charge in [0.2, 0.25) is 0 Å². The van der Waals surface area contributed by atoms with Gasteiger partial charge in [0, 0.05) is 5.92 Å². The SMILES string of the molecule is C[C@@H]1OC[C@H]2OC(=O)[C@H]3CCC=C[C@H]3[C@@H]2O1. The molecule has 2 fully saturated rings. The highest BCUT2D eigenvalue weighted by Gasteiger charge is 2.48. The van der Waals surface area contributed by atoms with Gasteiger partial charge in [-0.05, 0) is 19.8 Å². The topological polar surface area (TPSA) is 44.8 Å². The highest BCUT2D eigenvalue weighted by molar-refractivity contribution is 5.74. The molecule has 0 aromatic rings. The highest BCUT2D eigenvalue weighted by atomic mass is 16.7. The summed E-state index contributed by atoms with van der Waals surface area (Å²) < 4.78 is 16.5. The molecule has 88 valence electrons. The molecule has 0 N–H and O–H groups in total. The fraction of sp³-hybridized carbons (Fsp3) is 0.750. The zero-order valence-corrected chi connectivity index (χ0v) is 9.30. The second kappa shape index (κ2) is 3.86. The molecule has 0 aromatic heterocycles. The van der Waals surface area contributed by atoms with E-state index in [2.05, 4.69) is 12.2 Å². The van der Waals surface area contributed by atoms with Crippen LogP contribution in [0.25, 0.3) is 0 Å². The van der Waals surface area contributed by atoms with Crippen molar-refractivity contribution in [2.45, 2.75) is 38.3 Å². The number of hydrogen-bond acceptors (Lipinski definition) is 4. The van der Waals surface area contributed by atoms with Crippen LogP contribution in [0.3, 0.4) is 0 Å². The van der Waals surface area contributed by atoms with Crippen molar-refractivity contribution in [1.29, 1.82) is 0 Å². The van der Waals surface area contributed by atoms with Gasteiger partial charge in [0.15, 0.2) is 12.4 Å². The van der Waals surface area contributed by atoms with Crippen LogP contribution < -0.4 is 0 Å². The number of carbonyl (C=O) groups excluding carboxylic acids is 1. The van der Waals surface area contributed by atoms with E-state index in [9.17, 15) is 4.79 Å². The van der Waals surface area contributed by atoms with Crippen molar-refractivity contribution in [3.63, 3.8) is 0 Å². The molecule has 0 spiro atoms. The van der Waals surface area contributed by atoms with Crippen LogP contribution in [0, 0.1) is 11.8 Å². The number of fused-ring (bicyclic) bond motifs is 3. The molecule has 5 atom stereocenters. The van der Waals surface area contributed by atoms with Gasteiger partial charge in [-0.15, -0.1) is 0 Å². The lowest BCUT2D eigenvalue weighted by molar-refractivity contribution is -0.276. The third kappa shape index (κ3) is 1.57. The first-order valence-corrected chi connectivity index (χ1v) is 5.90. The number of ether oxygens (including phenoxy) is 3. The maximum Gasteiger partial charge on any atom is 0.310 e. The van der Waals surface area contributed by atoms with E-state index in [0.717, 1.165) is 12.8 Å². The van der Waals surface area contributed by atoms with Crippen LogP contribution in [0.1, 0.15) is 19.8 Å². The fourth-order valence-electron chi connectivity index (χ4n) is 2.82. The molecule has 1 aliphatic carbocycles. The lowest BCUT2D eigenvalue weighted by Crippen LogP contribution is -2.56. The summed E-state index contributed by atoms with van der Waals surface area (Å²) in [5.41, 5.74) is 0. The highest BCUT2D eigenvalue weighted by Crippen LogP contribution is 2.38. The fourth-order valence-corrected chi connectivity index (χ4v) is 2.82. The average molecular weight is 224 g/mol. The van der Waals surface area contributed by atoms with Crippen LogP contribution in [0.2, 0.25) is 0 Å². The van der Waals surface area contributed by atoms with Gasteiger partial charge in [0.25, 0.3) is 0 Å². The Morgan fingerprint density at radius 1 is 1.44 bits per heavy atom. The molecule has 2 heterocycles. The minimum absolute atomic E-state index is 0.0171. The van der Waals surface area contributed by atoms with Crippen molar-refractivity contribution in [2.24, 2.45) is 11.8 Å². The maximum absolute atomic E-state index is 11.8. The lowest BCUT2D eigenvalue weighted by Gasteiger charge is -2.45. The van der Waals surface area contributed by atoms with Crippen molar-refractivity contribution in [2.75, 3.05) is 6.61 Å². The Hall–Kier alpha value is -0.870. The van der Waals surface area contributed by atoms with Crippen LogP contribution in [0.15, 0.2) is 12.2 Å². The van der Waals surface area contributed by atoms with Gasteiger partial charge in [-0.2, -0.15) is 0 Å². The summed E-state index contributed by atoms with van der Waals surface area (Å²) in [4.78, 5) is 11.8. The molecule has 2 saturated heterocycles. The van der Waals surface area contributed by atoms with Gasteiger partial charge in [-0.1, -0.05) is 12.2 Å². The zero-order chi connectivity index (χ0) is 11.1. The van der Waals surface area contributed by atoms with Crippen molar-refractivity contribution < 1.29 is 19.0 Å². The molecule has 0 amide bonds. The lowest BCUT2D eigenvalue weighted by atomic mass is 9.77. The molecular formula is C12H16O4. The first kappa shape index (κ1) is 10.3. The number of hydrogen-bond donors (Lipinski definition) is 0. The number of allylic oxidation sites excluding steroid dienone is 1. The smallest absolute Gasteiger partial charge is 0.310 e. The van der Waals surface area contributed by atoms with Crippen molar-refractivity contribution in [3.8, 4) is 0 Å². The standard InChI is InChI=1S/C12H16O4/c1-7-14-6-10-11(15-7)8-4-2-3-5-9(8)12(13)16-10/h2,4,7-11H,3,5-6H2,1H3/t7-,8-,9+,10-,11+/m1/s1. The van der Waals surface area contributed by atoms with Gasteiger partial charge in [0.05, 0.1) is 12.5 Å². The predicted octanol–water partition coefficient (Wildman–Crippen LogP) is 1.26. The molecule has 0 unspecified atom stereocenters. The molecule has 2 aliphatic heterocycles. The Morgan fingerprint density at radius 3 is 3.19 bits per heavy atom. The Bertz CT molecular complexity index is 325. The van der Waals surface area contributed by atoms with Crippen molar-refractivity contribution in [1.82, 2.24) is 0 Å². The number of rotatable bonds is 0. The van der Waals surface area contributed by atoms with Crippen molar-refractivity contribution >= 4 is 5.97 Å². The van der Waals surface area contributed by atoms with Gasteiger partial charge in [-0.25, -0.2) is 0 Å². The summed E-state index contributed by atoms with van der Waals surface area (Å²) in [7, 11) is 0. The van der Waals surface area contributed by atoms with Crippen LogP contribution >= 0.6 is 0 Å². The van der Waals surface area contributed by atoms with Crippen LogP contribution in [0.4, 0.5) is 0 Å². The third-order valence-electron chi connectivity index (χ3n) is 3.63. The van der Waals surface area contributed by atoms with E-state index >= 15 is 0 Å². The van der Waals surface area contributed by atoms with E-state index in [1.165, 1.54) is 0 Å². The predicted molar refractivity (Wildman–Crippen MR) is 55.5 cm³/mol. The Morgan fingerprint density at radius 2 is 2.31 bits per heavy atom. The van der Waals surface area contributed by atoms with E-state index in [1.807, 2.05) is 6.92 Å². The second-order valence-corrected chi connectivity index (χ2v) is 4.67. The first-order valence-electron chi connectivity index (χ1n) is 5.90. The minimum Gasteiger partial charge on any atom is -0.457 e. The van der Waals surface area contributed by atoms with Gasteiger partial charge in [-0.3, -0.25) is 4.79 Å². The van der Waals surface area contributed by atoms with E-state index < -0.39 is 0 Å². The van der Waals surface area contributed by atoms with E-state index in [0.29, 0.717) is 6.61 Å². The van der Waals surface area contributed by atoms with E-state index in [-0.39, 0.29) is 36.3 Å². The Labute approximate surface area is 94.5 Å². The van der Waals surface area contributed by atoms with E-state index in [4.69, 9.17) is 14.2 Å². The van der Waals surface area contributed by atoms with Crippen LogP contribution in [-0.2, 0) is 19.0 Å². The summed E-state index contributed by atoms with van der Waals surface area (Å²) in [6.07, 6.45) is 5.64. The van der Waals surface area contributed by atoms with Crippen molar-refractivity contribution in [3.05, 3.63) is 12.2 Å². The molecular weight excluding hydrogens is 208 g/mol. The first-order chi connectivity index (χ1) is 7.75. The second-order valence-electron chi connectivity index (χ2n) is 4.67. The van der Waals surface area contributed by atoms with E-state index in [1.54, 1.807) is 0 Å². The summed E-state index contributed by atoms with van der Waals surface area (Å²) in [6, 6.07) is 0. The summed E-state index contributed by atoms with van der Waals surface area (Å²) in [5, 5.41) is 0. The third-order valence-corrected chi connectivity index (χ3v) is 3.63. The molecule has 3 aliphatic rings. The Kier molecular flexibility index (Phi) is 2.48. The molecule has 3 rings (SSSR count). The molecule has 4 heteroatoms. The van der Waals surface area contributed by atoms with Gasteiger partial charge < -0.3 is 14.2 Å². The zero-order valence-electron chi connectivity index (χ0n) is 9.30. The summed E-state index contributed by atoms with van der Waals surface area (Å²) in [5.74, 6) is 0.0697. The monoisotopic (exact) mass is 224 g/mol. The molecule has 0 saturated carbocycles. The average Bonchev–Trinajstić information content (AvgIpc) is 2.31.